The summed E-state index contributed by atoms with van der Waals surface area (Å²) >= 11 is 5.80. The Kier molecular flexibility index (Phi) is 4.72. The van der Waals surface area contributed by atoms with Crippen LogP contribution in [0.2, 0.25) is 5.02 Å². The van der Waals surface area contributed by atoms with Gasteiger partial charge in [0.1, 0.15) is 4.90 Å². The molecule has 0 bridgehead atoms. The number of benzene rings is 1. The summed E-state index contributed by atoms with van der Waals surface area (Å²) in [5.41, 5.74) is -0.121. The third-order valence-electron chi connectivity index (χ3n) is 2.44. The van der Waals surface area contributed by atoms with Gasteiger partial charge in [-0.25, -0.2) is 17.9 Å². The molecule has 0 aliphatic rings. The van der Waals surface area contributed by atoms with E-state index < -0.39 is 16.0 Å². The van der Waals surface area contributed by atoms with E-state index in [0.29, 0.717) is 6.42 Å². The van der Waals surface area contributed by atoms with Crippen molar-refractivity contribution in [1.82, 2.24) is 4.72 Å². The first-order valence-corrected chi connectivity index (χ1v) is 7.19. The molecule has 7 heteroatoms. The number of halogens is 1. The van der Waals surface area contributed by atoms with Gasteiger partial charge in [-0.2, -0.15) is 0 Å². The fourth-order valence-electron chi connectivity index (χ4n) is 1.25. The molecular formula is C11H14ClNO4S. The van der Waals surface area contributed by atoms with Crippen LogP contribution in [0.25, 0.3) is 0 Å². The van der Waals surface area contributed by atoms with Crippen LogP contribution in [0.3, 0.4) is 0 Å². The van der Waals surface area contributed by atoms with Gasteiger partial charge in [-0.05, 0) is 31.5 Å². The van der Waals surface area contributed by atoms with Gasteiger partial charge < -0.3 is 5.11 Å². The van der Waals surface area contributed by atoms with Crippen LogP contribution in [0.1, 0.15) is 30.6 Å². The predicted octanol–water partition coefficient (Wildman–Crippen LogP) is 2.12. The van der Waals surface area contributed by atoms with Crippen molar-refractivity contribution in [3.8, 4) is 0 Å². The number of carboxylic acid groups (broad SMARTS) is 1. The van der Waals surface area contributed by atoms with E-state index in [1.54, 1.807) is 6.92 Å². The predicted molar refractivity (Wildman–Crippen MR) is 68.5 cm³/mol. The van der Waals surface area contributed by atoms with Crippen LogP contribution in [-0.2, 0) is 10.0 Å². The molecule has 1 rings (SSSR count). The maximum Gasteiger partial charge on any atom is 0.335 e. The average molecular weight is 292 g/mol. The fraction of sp³-hybridized carbons (Fsp3) is 0.364. The SMILES string of the molecule is CCC(C)NS(=O)(=O)c1cc(C(=O)O)ccc1Cl. The standard InChI is InChI=1S/C11H14ClNO4S/c1-3-7(2)13-18(16,17)10-6-8(11(14)15)4-5-9(10)12/h4-7,13H,3H2,1-2H3,(H,14,15). The van der Waals surface area contributed by atoms with Gasteiger partial charge in [0.2, 0.25) is 10.0 Å². The van der Waals surface area contributed by atoms with E-state index in [-0.39, 0.29) is 21.5 Å². The molecular weight excluding hydrogens is 278 g/mol. The molecule has 1 unspecified atom stereocenters. The highest BCUT2D eigenvalue weighted by Crippen LogP contribution is 2.23. The van der Waals surface area contributed by atoms with E-state index in [0.717, 1.165) is 6.07 Å². The highest BCUT2D eigenvalue weighted by molar-refractivity contribution is 7.89. The molecule has 5 nitrogen and oxygen atoms in total. The second kappa shape index (κ2) is 5.69. The second-order valence-electron chi connectivity index (χ2n) is 3.88. The van der Waals surface area contributed by atoms with Crippen molar-refractivity contribution in [3.05, 3.63) is 28.8 Å². The molecule has 1 aromatic carbocycles. The maximum absolute atomic E-state index is 12.0. The zero-order valence-electron chi connectivity index (χ0n) is 9.97. The molecule has 0 aliphatic carbocycles. The zero-order chi connectivity index (χ0) is 13.9. The van der Waals surface area contributed by atoms with Crippen LogP contribution in [0, 0.1) is 0 Å². The first kappa shape index (κ1) is 14.9. The first-order chi connectivity index (χ1) is 8.27. The minimum Gasteiger partial charge on any atom is -0.478 e. The summed E-state index contributed by atoms with van der Waals surface area (Å²) in [6, 6.07) is 3.32. The molecule has 0 saturated carbocycles. The number of sulfonamides is 1. The van der Waals surface area contributed by atoms with Gasteiger partial charge in [-0.1, -0.05) is 18.5 Å². The highest BCUT2D eigenvalue weighted by atomic mass is 35.5. The summed E-state index contributed by atoms with van der Waals surface area (Å²) in [7, 11) is -3.80. The summed E-state index contributed by atoms with van der Waals surface area (Å²) < 4.78 is 26.4. The Bertz CT molecular complexity index is 556. The normalized spacial score (nSPS) is 13.3. The molecule has 1 atom stereocenters. The number of rotatable bonds is 5. The molecule has 100 valence electrons. The molecule has 0 fully saturated rings. The van der Waals surface area contributed by atoms with E-state index in [1.807, 2.05) is 6.92 Å². The van der Waals surface area contributed by atoms with Crippen molar-refractivity contribution >= 4 is 27.6 Å². The number of hydrogen-bond acceptors (Lipinski definition) is 3. The van der Waals surface area contributed by atoms with Gasteiger partial charge in [0.25, 0.3) is 0 Å². The number of carbonyl (C=O) groups is 1. The quantitative estimate of drug-likeness (QED) is 0.870. The van der Waals surface area contributed by atoms with Crippen molar-refractivity contribution in [2.24, 2.45) is 0 Å². The summed E-state index contributed by atoms with van der Waals surface area (Å²) in [5, 5.41) is 8.83. The monoisotopic (exact) mass is 291 g/mol. The number of carboxylic acids is 1. The smallest absolute Gasteiger partial charge is 0.335 e. The lowest BCUT2D eigenvalue weighted by Gasteiger charge is -2.13. The van der Waals surface area contributed by atoms with Crippen molar-refractivity contribution in [2.45, 2.75) is 31.2 Å². The molecule has 0 spiro atoms. The Morgan fingerprint density at radius 2 is 2.11 bits per heavy atom. The van der Waals surface area contributed by atoms with Crippen LogP contribution < -0.4 is 4.72 Å². The van der Waals surface area contributed by atoms with Gasteiger partial charge >= 0.3 is 5.97 Å². The van der Waals surface area contributed by atoms with E-state index in [4.69, 9.17) is 16.7 Å². The Morgan fingerprint density at radius 3 is 2.61 bits per heavy atom. The maximum atomic E-state index is 12.0. The lowest BCUT2D eigenvalue weighted by Crippen LogP contribution is -2.32. The van der Waals surface area contributed by atoms with Gasteiger partial charge in [-0.3, -0.25) is 0 Å². The summed E-state index contributed by atoms with van der Waals surface area (Å²) in [4.78, 5) is 10.6. The topological polar surface area (TPSA) is 83.5 Å². The second-order valence-corrected chi connectivity index (χ2v) is 5.97. The van der Waals surface area contributed by atoms with E-state index in [9.17, 15) is 13.2 Å². The van der Waals surface area contributed by atoms with Crippen LogP contribution in [0.5, 0.6) is 0 Å². The lowest BCUT2D eigenvalue weighted by molar-refractivity contribution is 0.0696. The highest BCUT2D eigenvalue weighted by Gasteiger charge is 2.21. The van der Waals surface area contributed by atoms with Crippen molar-refractivity contribution < 1.29 is 18.3 Å². The van der Waals surface area contributed by atoms with Crippen LogP contribution in [-0.4, -0.2) is 25.5 Å². The molecule has 0 radical (unpaired) electrons. The van der Waals surface area contributed by atoms with Gasteiger partial charge in [-0.15, -0.1) is 0 Å². The van der Waals surface area contributed by atoms with Gasteiger partial charge in [0, 0.05) is 6.04 Å². The first-order valence-electron chi connectivity index (χ1n) is 5.33. The largest absolute Gasteiger partial charge is 0.478 e. The summed E-state index contributed by atoms with van der Waals surface area (Å²) in [6.45, 7) is 3.55. The Balaban J connectivity index is 3.23. The molecule has 0 saturated heterocycles. The Hall–Kier alpha value is -1.11. The average Bonchev–Trinajstić information content (AvgIpc) is 2.28. The van der Waals surface area contributed by atoms with E-state index >= 15 is 0 Å². The van der Waals surface area contributed by atoms with Gasteiger partial charge in [0.05, 0.1) is 10.6 Å². The molecule has 18 heavy (non-hydrogen) atoms. The number of nitrogens with one attached hydrogen (secondary N) is 1. The third-order valence-corrected chi connectivity index (χ3v) is 4.51. The summed E-state index contributed by atoms with van der Waals surface area (Å²) in [5.74, 6) is -1.20. The molecule has 0 aromatic heterocycles. The molecule has 2 N–H and O–H groups in total. The zero-order valence-corrected chi connectivity index (χ0v) is 11.5. The third kappa shape index (κ3) is 3.44. The molecule has 1 aromatic rings. The fourth-order valence-corrected chi connectivity index (χ4v) is 3.11. The van der Waals surface area contributed by atoms with Gasteiger partial charge in [0.15, 0.2) is 0 Å². The Labute approximate surface area is 111 Å². The van der Waals surface area contributed by atoms with E-state index in [1.165, 1.54) is 12.1 Å². The van der Waals surface area contributed by atoms with Crippen LogP contribution in [0.4, 0.5) is 0 Å². The molecule has 0 heterocycles. The van der Waals surface area contributed by atoms with Crippen molar-refractivity contribution in [2.75, 3.05) is 0 Å². The summed E-state index contributed by atoms with van der Waals surface area (Å²) in [6.07, 6.45) is 0.621. The number of hydrogen-bond donors (Lipinski definition) is 2. The lowest BCUT2D eigenvalue weighted by atomic mass is 10.2. The van der Waals surface area contributed by atoms with Crippen LogP contribution >= 0.6 is 11.6 Å². The minimum atomic E-state index is -3.80. The minimum absolute atomic E-state index is 0.00389. The van der Waals surface area contributed by atoms with E-state index in [2.05, 4.69) is 4.72 Å². The molecule has 0 amide bonds. The molecule has 0 aliphatic heterocycles. The van der Waals surface area contributed by atoms with Crippen molar-refractivity contribution in [3.63, 3.8) is 0 Å². The van der Waals surface area contributed by atoms with Crippen molar-refractivity contribution in [1.29, 1.82) is 0 Å². The van der Waals surface area contributed by atoms with Crippen LogP contribution in [0.15, 0.2) is 23.1 Å². The Morgan fingerprint density at radius 1 is 1.50 bits per heavy atom. The number of aromatic carboxylic acids is 1.